The van der Waals surface area contributed by atoms with Crippen molar-refractivity contribution in [3.63, 3.8) is 0 Å². The summed E-state index contributed by atoms with van der Waals surface area (Å²) in [5, 5.41) is 0.0161. The number of nitrogens with zero attached hydrogens (tertiary/aromatic N) is 3. The van der Waals surface area contributed by atoms with Crippen LogP contribution < -0.4 is 9.47 Å². The minimum Gasteiger partial charge on any atom is -0.424 e. The molecule has 0 bridgehead atoms. The van der Waals surface area contributed by atoms with Gasteiger partial charge in [-0.1, -0.05) is 104 Å². The largest absolute Gasteiger partial charge is 0.424 e. The minimum absolute atomic E-state index is 0.0161. The Kier molecular flexibility index (Phi) is 10.3. The molecular weight excluding hydrogens is 482 g/mol. The van der Waals surface area contributed by atoms with Crippen molar-refractivity contribution in [1.29, 1.82) is 0 Å². The van der Waals surface area contributed by atoms with Crippen LogP contribution in [0, 0.1) is 0 Å². The van der Waals surface area contributed by atoms with E-state index in [1.165, 1.54) is 49.7 Å². The van der Waals surface area contributed by atoms with Gasteiger partial charge in [-0.05, 0) is 70.7 Å². The first kappa shape index (κ1) is 28.9. The summed E-state index contributed by atoms with van der Waals surface area (Å²) in [5.41, 5.74) is 2.80. The van der Waals surface area contributed by atoms with Gasteiger partial charge in [0.1, 0.15) is 11.5 Å². The third-order valence-corrected chi connectivity index (χ3v) is 7.24. The second kappa shape index (κ2) is 13.2. The van der Waals surface area contributed by atoms with Crippen LogP contribution >= 0.6 is 11.6 Å². The highest BCUT2D eigenvalue weighted by Gasteiger charge is 2.21. The highest BCUT2D eigenvalue weighted by atomic mass is 35.5. The number of rotatable bonds is 14. The summed E-state index contributed by atoms with van der Waals surface area (Å²) in [4.78, 5) is 12.5. The third kappa shape index (κ3) is 8.70. The topological polar surface area (TPSA) is 57.1 Å². The van der Waals surface area contributed by atoms with E-state index in [1.54, 1.807) is 0 Å². The molecule has 3 aromatic rings. The van der Waals surface area contributed by atoms with E-state index in [2.05, 4.69) is 80.8 Å². The average molecular weight is 524 g/mol. The van der Waals surface area contributed by atoms with Crippen molar-refractivity contribution in [2.24, 2.45) is 0 Å². The van der Waals surface area contributed by atoms with Crippen LogP contribution in [0.15, 0.2) is 48.5 Å². The van der Waals surface area contributed by atoms with Gasteiger partial charge in [0.05, 0.1) is 0 Å². The fourth-order valence-corrected chi connectivity index (χ4v) is 4.63. The molecule has 0 aliphatic rings. The summed E-state index contributed by atoms with van der Waals surface area (Å²) >= 11 is 6.15. The SMILES string of the molecule is CCCCCC(C)(C)c1ccc(Oc2nc(Cl)nc(Oc3ccc(C(C)(C)CCCCC)cc3)n2)cc1. The smallest absolute Gasteiger partial charge is 0.329 e. The van der Waals surface area contributed by atoms with Gasteiger partial charge in [-0.2, -0.15) is 9.97 Å². The Labute approximate surface area is 228 Å². The van der Waals surface area contributed by atoms with E-state index in [0.29, 0.717) is 11.5 Å². The van der Waals surface area contributed by atoms with Crippen molar-refractivity contribution in [3.8, 4) is 23.5 Å². The number of halogens is 1. The van der Waals surface area contributed by atoms with Crippen LogP contribution in [0.1, 0.15) is 104 Å². The first-order valence-electron chi connectivity index (χ1n) is 13.6. The molecule has 0 saturated carbocycles. The van der Waals surface area contributed by atoms with Gasteiger partial charge >= 0.3 is 12.0 Å². The zero-order valence-electron chi connectivity index (χ0n) is 23.3. The van der Waals surface area contributed by atoms with E-state index in [1.807, 2.05) is 24.3 Å². The number of ether oxygens (including phenoxy) is 2. The normalized spacial score (nSPS) is 12.0. The fraction of sp³-hybridized carbons (Fsp3) is 0.516. The lowest BCUT2D eigenvalue weighted by molar-refractivity contribution is 0.396. The van der Waals surface area contributed by atoms with Crippen LogP contribution in [0.2, 0.25) is 5.28 Å². The number of benzene rings is 2. The van der Waals surface area contributed by atoms with Crippen molar-refractivity contribution in [3.05, 3.63) is 64.9 Å². The maximum Gasteiger partial charge on any atom is 0.329 e. The van der Waals surface area contributed by atoms with Crippen molar-refractivity contribution in [2.45, 2.75) is 104 Å². The van der Waals surface area contributed by atoms with Gasteiger partial charge in [0.2, 0.25) is 5.28 Å². The molecule has 0 spiro atoms. The molecule has 0 atom stereocenters. The Morgan fingerprint density at radius 1 is 0.595 bits per heavy atom. The standard InChI is InChI=1S/C31H42ClN3O2/c1-7-9-11-21-30(3,4)23-13-17-25(18-14-23)36-28-33-27(32)34-29(35-28)37-26-19-15-24(16-20-26)31(5,6)22-12-10-8-2/h13-20H,7-12,21-22H2,1-6H3. The zero-order chi connectivity index (χ0) is 26.9. The molecule has 6 heteroatoms. The number of hydrogen-bond donors (Lipinski definition) is 0. The third-order valence-electron chi connectivity index (χ3n) is 7.07. The first-order valence-corrected chi connectivity index (χ1v) is 14.0. The Hall–Kier alpha value is -2.66. The fourth-order valence-electron chi connectivity index (χ4n) is 4.49. The lowest BCUT2D eigenvalue weighted by Crippen LogP contribution is -2.16. The molecule has 37 heavy (non-hydrogen) atoms. The molecule has 0 aliphatic carbocycles. The van der Waals surface area contributed by atoms with Crippen molar-refractivity contribution < 1.29 is 9.47 Å². The monoisotopic (exact) mass is 523 g/mol. The second-order valence-corrected chi connectivity index (χ2v) is 11.4. The highest BCUT2D eigenvalue weighted by Crippen LogP contribution is 2.33. The van der Waals surface area contributed by atoms with Gasteiger partial charge in [-0.15, -0.1) is 4.98 Å². The van der Waals surface area contributed by atoms with Crippen molar-refractivity contribution in [2.75, 3.05) is 0 Å². The molecule has 0 aliphatic heterocycles. The zero-order valence-corrected chi connectivity index (χ0v) is 24.1. The Balaban J connectivity index is 1.66. The Morgan fingerprint density at radius 3 is 1.32 bits per heavy atom. The lowest BCUT2D eigenvalue weighted by Gasteiger charge is -2.25. The molecule has 0 N–H and O–H groups in total. The van der Waals surface area contributed by atoms with E-state index in [9.17, 15) is 0 Å². The van der Waals surface area contributed by atoms with Crippen LogP contribution in [0.4, 0.5) is 0 Å². The van der Waals surface area contributed by atoms with E-state index < -0.39 is 0 Å². The summed E-state index contributed by atoms with van der Waals surface area (Å²) in [5.74, 6) is 1.27. The second-order valence-electron chi connectivity index (χ2n) is 11.1. The van der Waals surface area contributed by atoms with Gasteiger partial charge in [0.25, 0.3) is 0 Å². The molecule has 0 amide bonds. The minimum atomic E-state index is 0.0161. The van der Waals surface area contributed by atoms with Crippen molar-refractivity contribution >= 4 is 11.6 Å². The van der Waals surface area contributed by atoms with Gasteiger partial charge in [0, 0.05) is 0 Å². The highest BCUT2D eigenvalue weighted by molar-refractivity contribution is 6.28. The van der Waals surface area contributed by atoms with E-state index in [4.69, 9.17) is 21.1 Å². The van der Waals surface area contributed by atoms with Crippen LogP contribution in [0.5, 0.6) is 23.5 Å². The molecule has 3 rings (SSSR count). The number of hydrogen-bond acceptors (Lipinski definition) is 5. The molecule has 0 radical (unpaired) electrons. The van der Waals surface area contributed by atoms with E-state index >= 15 is 0 Å². The number of unbranched alkanes of at least 4 members (excludes halogenated alkanes) is 4. The molecular formula is C31H42ClN3O2. The van der Waals surface area contributed by atoms with Gasteiger partial charge in [-0.3, -0.25) is 0 Å². The van der Waals surface area contributed by atoms with E-state index in [0.717, 1.165) is 12.8 Å². The average Bonchev–Trinajstić information content (AvgIpc) is 2.84. The molecule has 0 saturated heterocycles. The summed E-state index contributed by atoms with van der Waals surface area (Å²) in [6.07, 6.45) is 9.75. The summed E-state index contributed by atoms with van der Waals surface area (Å²) in [6.45, 7) is 13.6. The predicted octanol–water partition coefficient (Wildman–Crippen LogP) is 9.83. The van der Waals surface area contributed by atoms with Crippen LogP contribution in [-0.2, 0) is 10.8 Å². The summed E-state index contributed by atoms with van der Waals surface area (Å²) < 4.78 is 11.8. The van der Waals surface area contributed by atoms with Crippen LogP contribution in [0.25, 0.3) is 0 Å². The van der Waals surface area contributed by atoms with Crippen LogP contribution in [-0.4, -0.2) is 15.0 Å². The summed E-state index contributed by atoms with van der Waals surface area (Å²) in [7, 11) is 0. The molecule has 200 valence electrons. The lowest BCUT2D eigenvalue weighted by atomic mass is 9.80. The Bertz CT molecular complexity index is 1030. The molecule has 0 fully saturated rings. The predicted molar refractivity (Wildman–Crippen MR) is 152 cm³/mol. The summed E-state index contributed by atoms with van der Waals surface area (Å²) in [6, 6.07) is 16.4. The maximum atomic E-state index is 6.15. The first-order chi connectivity index (χ1) is 17.6. The van der Waals surface area contributed by atoms with Gasteiger partial charge in [-0.25, -0.2) is 0 Å². The van der Waals surface area contributed by atoms with Gasteiger partial charge in [0.15, 0.2) is 0 Å². The molecule has 2 aromatic carbocycles. The number of aromatic nitrogens is 3. The van der Waals surface area contributed by atoms with Crippen molar-refractivity contribution in [1.82, 2.24) is 15.0 Å². The molecule has 1 heterocycles. The quantitative estimate of drug-likeness (QED) is 0.197. The molecule has 0 unspecified atom stereocenters. The molecule has 5 nitrogen and oxygen atoms in total. The Morgan fingerprint density at radius 2 is 0.973 bits per heavy atom. The van der Waals surface area contributed by atoms with Crippen LogP contribution in [0.3, 0.4) is 0 Å². The van der Waals surface area contributed by atoms with Gasteiger partial charge < -0.3 is 9.47 Å². The molecule has 1 aromatic heterocycles. The maximum absolute atomic E-state index is 6.15. The van der Waals surface area contributed by atoms with E-state index in [-0.39, 0.29) is 28.1 Å².